The Balaban J connectivity index is 3.45. The fourth-order valence-corrected chi connectivity index (χ4v) is 3.06. The van der Waals surface area contributed by atoms with E-state index < -0.39 is 23.4 Å². The zero-order valence-electron chi connectivity index (χ0n) is 17.1. The number of unbranched alkanes of at least 4 members (excludes halogenated alkanes) is 14. The summed E-state index contributed by atoms with van der Waals surface area (Å²) in [6.07, 6.45) is 19.0. The topological polar surface area (TPSA) is 116 Å². The highest BCUT2D eigenvalue weighted by atomic mass is 16.2. The van der Waals surface area contributed by atoms with Gasteiger partial charge in [-0.05, 0) is 6.42 Å². The number of hydrogen-bond donors (Lipinski definition) is 2. The lowest BCUT2D eigenvalue weighted by Crippen LogP contribution is -2.36. The van der Waals surface area contributed by atoms with E-state index >= 15 is 0 Å². The first kappa shape index (κ1) is 25.3. The maximum atomic E-state index is 11.6. The quantitative estimate of drug-likeness (QED) is 0.211. The maximum Gasteiger partial charge on any atom is 0.273 e. The van der Waals surface area contributed by atoms with Crippen LogP contribution in [0.25, 0.3) is 0 Å². The summed E-state index contributed by atoms with van der Waals surface area (Å²) >= 11 is 0. The maximum absolute atomic E-state index is 11.6. The van der Waals surface area contributed by atoms with Gasteiger partial charge in [-0.1, -0.05) is 96.8 Å². The monoisotopic (exact) mass is 381 g/mol. The summed E-state index contributed by atoms with van der Waals surface area (Å²) < 4.78 is 0. The Labute approximate surface area is 164 Å². The van der Waals surface area contributed by atoms with E-state index in [4.69, 9.17) is 11.5 Å². The molecule has 0 saturated heterocycles. The van der Waals surface area contributed by atoms with Crippen LogP contribution in [0.3, 0.4) is 0 Å². The summed E-state index contributed by atoms with van der Waals surface area (Å²) in [6, 6.07) is 0. The van der Waals surface area contributed by atoms with Crippen molar-refractivity contribution < 1.29 is 14.4 Å². The predicted octanol–water partition coefficient (Wildman–Crippen LogP) is 4.19. The minimum Gasteiger partial charge on any atom is -0.364 e. The van der Waals surface area contributed by atoms with Gasteiger partial charge in [0.1, 0.15) is 0 Å². The molecule has 0 heterocycles. The summed E-state index contributed by atoms with van der Waals surface area (Å²) in [5.74, 6) is -2.64. The average molecular weight is 382 g/mol. The van der Waals surface area contributed by atoms with Crippen LogP contribution in [0.4, 0.5) is 0 Å². The molecule has 0 radical (unpaired) electrons. The molecule has 0 bridgehead atoms. The molecule has 27 heavy (non-hydrogen) atoms. The zero-order chi connectivity index (χ0) is 20.3. The number of hydrogen-bond acceptors (Lipinski definition) is 3. The van der Waals surface area contributed by atoms with Gasteiger partial charge in [0.2, 0.25) is 5.91 Å². The minimum atomic E-state index is -1.06. The molecular formula is C21H39N3O3. The van der Waals surface area contributed by atoms with Crippen molar-refractivity contribution in [1.29, 1.82) is 0 Å². The van der Waals surface area contributed by atoms with Crippen molar-refractivity contribution in [3.63, 3.8) is 0 Å². The highest BCUT2D eigenvalue weighted by Gasteiger charge is 2.15. The molecule has 0 rings (SSSR count). The van der Waals surface area contributed by atoms with E-state index in [1.807, 2.05) is 0 Å². The van der Waals surface area contributed by atoms with Crippen LogP contribution >= 0.6 is 0 Å². The van der Waals surface area contributed by atoms with Gasteiger partial charge in [-0.2, -0.15) is 0 Å². The third-order valence-electron chi connectivity index (χ3n) is 4.70. The molecule has 6 nitrogen and oxygen atoms in total. The number of carbonyl (C=O) groups is 3. The molecule has 0 atom stereocenters. The van der Waals surface area contributed by atoms with Crippen LogP contribution in [0.15, 0.2) is 4.99 Å². The molecule has 6 heteroatoms. The van der Waals surface area contributed by atoms with Gasteiger partial charge in [0.25, 0.3) is 11.8 Å². The molecule has 0 aliphatic rings. The van der Waals surface area contributed by atoms with Gasteiger partial charge in [0.15, 0.2) is 5.71 Å². The number of nitrogens with two attached hydrogens (primary N) is 2. The van der Waals surface area contributed by atoms with E-state index in [2.05, 4.69) is 11.9 Å². The van der Waals surface area contributed by atoms with Gasteiger partial charge in [0, 0.05) is 6.42 Å². The lowest BCUT2D eigenvalue weighted by molar-refractivity contribution is -0.120. The van der Waals surface area contributed by atoms with Crippen LogP contribution in [0.1, 0.15) is 110 Å². The van der Waals surface area contributed by atoms with Crippen LogP contribution in [-0.2, 0) is 14.4 Å². The Kier molecular flexibility index (Phi) is 16.6. The van der Waals surface area contributed by atoms with E-state index in [9.17, 15) is 14.4 Å². The summed E-state index contributed by atoms with van der Waals surface area (Å²) in [4.78, 5) is 36.9. The lowest BCUT2D eigenvalue weighted by Gasteiger charge is -2.03. The Morgan fingerprint density at radius 2 is 0.926 bits per heavy atom. The second kappa shape index (κ2) is 17.7. The van der Waals surface area contributed by atoms with Crippen molar-refractivity contribution in [2.24, 2.45) is 16.5 Å². The second-order valence-electron chi connectivity index (χ2n) is 7.28. The molecular weight excluding hydrogens is 342 g/mol. The molecule has 0 spiro atoms. The summed E-state index contributed by atoms with van der Waals surface area (Å²) in [6.45, 7) is 2.25. The number of nitrogens with zero attached hydrogens (tertiary/aromatic N) is 1. The summed E-state index contributed by atoms with van der Waals surface area (Å²) in [5.41, 5.74) is 9.23. The highest BCUT2D eigenvalue weighted by molar-refractivity contribution is 6.65. The Morgan fingerprint density at radius 1 is 0.593 bits per heavy atom. The first-order valence-electron chi connectivity index (χ1n) is 10.7. The Hall–Kier alpha value is -1.72. The number of carbonyl (C=O) groups excluding carboxylic acids is 3. The van der Waals surface area contributed by atoms with Crippen molar-refractivity contribution in [2.45, 2.75) is 110 Å². The van der Waals surface area contributed by atoms with Gasteiger partial charge < -0.3 is 11.5 Å². The van der Waals surface area contributed by atoms with Crippen LogP contribution in [0.5, 0.6) is 0 Å². The molecule has 0 aromatic rings. The first-order chi connectivity index (χ1) is 13.0. The SMILES string of the molecule is CCCCCCCCCCCCCCCCCC(=O)N=C(C(N)=O)C(N)=O. The standard InChI is InChI=1S/C21H39N3O3/c1-2-3-4-5-6-7-8-9-10-11-12-13-14-15-16-17-18(25)24-19(20(22)26)21(23)27/h2-17H2,1H3,(H2,22,26)(H2,23,27). The fourth-order valence-electron chi connectivity index (χ4n) is 3.06. The van der Waals surface area contributed by atoms with Crippen LogP contribution in [0.2, 0.25) is 0 Å². The molecule has 0 unspecified atom stereocenters. The summed E-state index contributed by atoms with van der Waals surface area (Å²) in [5, 5.41) is 0. The highest BCUT2D eigenvalue weighted by Crippen LogP contribution is 2.13. The van der Waals surface area contributed by atoms with Crippen LogP contribution in [-0.4, -0.2) is 23.4 Å². The van der Waals surface area contributed by atoms with Crippen LogP contribution < -0.4 is 11.5 Å². The molecule has 156 valence electrons. The van der Waals surface area contributed by atoms with Gasteiger partial charge in [-0.15, -0.1) is 0 Å². The predicted molar refractivity (Wildman–Crippen MR) is 110 cm³/mol. The van der Waals surface area contributed by atoms with Gasteiger partial charge in [-0.3, -0.25) is 14.4 Å². The third-order valence-corrected chi connectivity index (χ3v) is 4.70. The fraction of sp³-hybridized carbons (Fsp3) is 0.810. The second-order valence-corrected chi connectivity index (χ2v) is 7.28. The normalized spacial score (nSPS) is 10.6. The minimum absolute atomic E-state index is 0.211. The molecule has 0 aliphatic carbocycles. The largest absolute Gasteiger partial charge is 0.364 e. The van der Waals surface area contributed by atoms with Crippen LogP contribution in [0, 0.1) is 0 Å². The van der Waals surface area contributed by atoms with E-state index in [1.165, 1.54) is 77.0 Å². The summed E-state index contributed by atoms with van der Waals surface area (Å²) in [7, 11) is 0. The molecule has 0 fully saturated rings. The molecule has 0 aliphatic heterocycles. The number of primary amides is 2. The van der Waals surface area contributed by atoms with E-state index in [1.54, 1.807) is 0 Å². The Bertz CT molecular complexity index is 446. The van der Waals surface area contributed by atoms with Crippen molar-refractivity contribution in [3.8, 4) is 0 Å². The van der Waals surface area contributed by atoms with Crippen molar-refractivity contribution in [2.75, 3.05) is 0 Å². The lowest BCUT2D eigenvalue weighted by atomic mass is 10.0. The van der Waals surface area contributed by atoms with Gasteiger partial charge >= 0.3 is 0 Å². The van der Waals surface area contributed by atoms with E-state index in [-0.39, 0.29) is 6.42 Å². The smallest absolute Gasteiger partial charge is 0.273 e. The average Bonchev–Trinajstić information content (AvgIpc) is 2.62. The molecule has 4 N–H and O–H groups in total. The molecule has 0 aromatic carbocycles. The van der Waals surface area contributed by atoms with Crippen molar-refractivity contribution in [1.82, 2.24) is 0 Å². The molecule has 0 saturated carbocycles. The zero-order valence-corrected chi connectivity index (χ0v) is 17.1. The van der Waals surface area contributed by atoms with Gasteiger partial charge in [0.05, 0.1) is 0 Å². The third kappa shape index (κ3) is 16.2. The van der Waals surface area contributed by atoms with Gasteiger partial charge in [-0.25, -0.2) is 4.99 Å². The number of aliphatic imine (C=N–C) groups is 1. The molecule has 3 amide bonds. The van der Waals surface area contributed by atoms with Crippen molar-refractivity contribution >= 4 is 23.4 Å². The Morgan fingerprint density at radius 3 is 1.26 bits per heavy atom. The van der Waals surface area contributed by atoms with Crippen molar-refractivity contribution in [3.05, 3.63) is 0 Å². The van der Waals surface area contributed by atoms with E-state index in [0.29, 0.717) is 6.42 Å². The number of amides is 3. The number of rotatable bonds is 18. The van der Waals surface area contributed by atoms with E-state index in [0.717, 1.165) is 12.8 Å². The first-order valence-corrected chi connectivity index (χ1v) is 10.7. The molecule has 0 aromatic heterocycles.